The fourth-order valence-electron chi connectivity index (χ4n) is 2.66. The van der Waals surface area contributed by atoms with Crippen molar-refractivity contribution in [1.82, 2.24) is 10.2 Å². The maximum atomic E-state index is 12.1. The zero-order valence-electron chi connectivity index (χ0n) is 12.1. The summed E-state index contributed by atoms with van der Waals surface area (Å²) in [7, 11) is 1.49. The van der Waals surface area contributed by atoms with Gasteiger partial charge in [0.25, 0.3) is 0 Å². The average molecular weight is 256 g/mol. The second kappa shape index (κ2) is 7.74. The van der Waals surface area contributed by atoms with Crippen molar-refractivity contribution in [1.29, 1.82) is 0 Å². The van der Waals surface area contributed by atoms with Gasteiger partial charge in [-0.3, -0.25) is 9.69 Å². The Morgan fingerprint density at radius 3 is 2.50 bits per heavy atom. The number of nitrogens with zero attached hydrogens (tertiary/aromatic N) is 1. The summed E-state index contributed by atoms with van der Waals surface area (Å²) in [4.78, 5) is 14.4. The second-order valence-corrected chi connectivity index (χ2v) is 5.31. The van der Waals surface area contributed by atoms with E-state index in [0.717, 1.165) is 39.0 Å². The molecule has 0 aromatic rings. The van der Waals surface area contributed by atoms with Crippen molar-refractivity contribution in [2.45, 2.75) is 51.5 Å². The first kappa shape index (κ1) is 15.4. The lowest BCUT2D eigenvalue weighted by atomic mass is 9.91. The molecule has 1 rings (SSSR count). The predicted molar refractivity (Wildman–Crippen MR) is 73.6 cm³/mol. The Morgan fingerprint density at radius 1 is 1.28 bits per heavy atom. The first-order chi connectivity index (χ1) is 8.65. The SMILES string of the molecule is CCCCCCC(C)(C(=O)OC)N1CCNCC1. The molecule has 1 N–H and O–H groups in total. The minimum Gasteiger partial charge on any atom is -0.468 e. The van der Waals surface area contributed by atoms with Gasteiger partial charge in [-0.25, -0.2) is 0 Å². The summed E-state index contributed by atoms with van der Waals surface area (Å²) in [6.07, 6.45) is 5.68. The van der Waals surface area contributed by atoms with Crippen molar-refractivity contribution in [3.8, 4) is 0 Å². The molecule has 0 bridgehead atoms. The molecule has 1 fully saturated rings. The summed E-state index contributed by atoms with van der Waals surface area (Å²) in [5.74, 6) is -0.0825. The molecule has 1 saturated heterocycles. The molecule has 0 saturated carbocycles. The molecule has 0 aliphatic carbocycles. The standard InChI is InChI=1S/C14H28N2O2/c1-4-5-6-7-8-14(2,13(17)18-3)16-11-9-15-10-12-16/h15H,4-12H2,1-3H3. The van der Waals surface area contributed by atoms with E-state index in [4.69, 9.17) is 4.74 Å². The Morgan fingerprint density at radius 2 is 1.94 bits per heavy atom. The normalized spacial score (nSPS) is 20.4. The molecule has 1 aliphatic rings. The first-order valence-electron chi connectivity index (χ1n) is 7.19. The van der Waals surface area contributed by atoms with Crippen LogP contribution in [0.2, 0.25) is 0 Å². The van der Waals surface area contributed by atoms with Crippen LogP contribution < -0.4 is 5.32 Å². The molecule has 106 valence electrons. The van der Waals surface area contributed by atoms with E-state index in [1.54, 1.807) is 0 Å². The van der Waals surface area contributed by atoms with Gasteiger partial charge in [-0.15, -0.1) is 0 Å². The predicted octanol–water partition coefficient (Wildman–Crippen LogP) is 1.79. The summed E-state index contributed by atoms with van der Waals surface area (Å²) in [5.41, 5.74) is -0.440. The van der Waals surface area contributed by atoms with Crippen LogP contribution in [0.3, 0.4) is 0 Å². The lowest BCUT2D eigenvalue weighted by Gasteiger charge is -2.41. The van der Waals surface area contributed by atoms with Crippen molar-refractivity contribution < 1.29 is 9.53 Å². The number of unbranched alkanes of at least 4 members (excludes halogenated alkanes) is 3. The largest absolute Gasteiger partial charge is 0.468 e. The van der Waals surface area contributed by atoms with Crippen molar-refractivity contribution >= 4 is 5.97 Å². The monoisotopic (exact) mass is 256 g/mol. The smallest absolute Gasteiger partial charge is 0.325 e. The van der Waals surface area contributed by atoms with E-state index in [0.29, 0.717) is 0 Å². The molecule has 1 aliphatic heterocycles. The number of ether oxygens (including phenoxy) is 1. The van der Waals surface area contributed by atoms with E-state index in [9.17, 15) is 4.79 Å². The maximum Gasteiger partial charge on any atom is 0.325 e. The van der Waals surface area contributed by atoms with Gasteiger partial charge in [-0.1, -0.05) is 32.6 Å². The highest BCUT2D eigenvalue weighted by Crippen LogP contribution is 2.25. The molecule has 4 nitrogen and oxygen atoms in total. The summed E-state index contributed by atoms with van der Waals surface area (Å²) >= 11 is 0. The van der Waals surface area contributed by atoms with Crippen molar-refractivity contribution in [2.24, 2.45) is 0 Å². The quantitative estimate of drug-likeness (QED) is 0.557. The summed E-state index contributed by atoms with van der Waals surface area (Å²) in [6, 6.07) is 0. The summed E-state index contributed by atoms with van der Waals surface area (Å²) in [5, 5.41) is 3.33. The maximum absolute atomic E-state index is 12.1. The van der Waals surface area contributed by atoms with Crippen LogP contribution in [0, 0.1) is 0 Å². The molecule has 0 aromatic heterocycles. The minimum atomic E-state index is -0.440. The molecule has 4 heteroatoms. The molecule has 1 atom stereocenters. The molecule has 18 heavy (non-hydrogen) atoms. The van der Waals surface area contributed by atoms with E-state index in [1.165, 1.54) is 26.4 Å². The van der Waals surface area contributed by atoms with Gasteiger partial charge < -0.3 is 10.1 Å². The van der Waals surface area contributed by atoms with E-state index < -0.39 is 5.54 Å². The van der Waals surface area contributed by atoms with Gasteiger partial charge in [0.15, 0.2) is 0 Å². The topological polar surface area (TPSA) is 41.6 Å². The van der Waals surface area contributed by atoms with Gasteiger partial charge in [0.05, 0.1) is 7.11 Å². The first-order valence-corrected chi connectivity index (χ1v) is 7.19. The number of rotatable bonds is 7. The average Bonchev–Trinajstić information content (AvgIpc) is 2.43. The van der Waals surface area contributed by atoms with E-state index in [1.807, 2.05) is 6.92 Å². The number of hydrogen-bond acceptors (Lipinski definition) is 4. The van der Waals surface area contributed by atoms with Crippen LogP contribution in [0.15, 0.2) is 0 Å². The third-order valence-electron chi connectivity index (χ3n) is 3.96. The Labute approximate surface area is 111 Å². The third kappa shape index (κ3) is 3.95. The third-order valence-corrected chi connectivity index (χ3v) is 3.96. The highest BCUT2D eigenvalue weighted by Gasteiger charge is 2.40. The summed E-state index contributed by atoms with van der Waals surface area (Å²) in [6.45, 7) is 8.02. The van der Waals surface area contributed by atoms with Gasteiger partial charge in [-0.05, 0) is 13.3 Å². The number of nitrogens with one attached hydrogen (secondary N) is 1. The van der Waals surface area contributed by atoms with Crippen LogP contribution in [0.5, 0.6) is 0 Å². The molecule has 0 amide bonds. The number of carbonyl (C=O) groups is 1. The molecule has 1 unspecified atom stereocenters. The lowest BCUT2D eigenvalue weighted by Crippen LogP contribution is -2.59. The van der Waals surface area contributed by atoms with Crippen LogP contribution in [-0.2, 0) is 9.53 Å². The van der Waals surface area contributed by atoms with E-state index >= 15 is 0 Å². The summed E-state index contributed by atoms with van der Waals surface area (Å²) < 4.78 is 5.02. The Hall–Kier alpha value is -0.610. The lowest BCUT2D eigenvalue weighted by molar-refractivity contribution is -0.155. The molecule has 1 heterocycles. The van der Waals surface area contributed by atoms with Gasteiger partial charge >= 0.3 is 5.97 Å². The van der Waals surface area contributed by atoms with Crippen LogP contribution in [0.25, 0.3) is 0 Å². The second-order valence-electron chi connectivity index (χ2n) is 5.31. The van der Waals surface area contributed by atoms with Gasteiger partial charge in [-0.2, -0.15) is 0 Å². The molecule has 0 spiro atoms. The van der Waals surface area contributed by atoms with E-state index in [-0.39, 0.29) is 5.97 Å². The minimum absolute atomic E-state index is 0.0825. The Bertz CT molecular complexity index is 252. The number of methoxy groups -OCH3 is 1. The van der Waals surface area contributed by atoms with Crippen molar-refractivity contribution in [3.63, 3.8) is 0 Å². The van der Waals surface area contributed by atoms with Crippen LogP contribution in [0.1, 0.15) is 46.0 Å². The number of carbonyl (C=O) groups excluding carboxylic acids is 1. The van der Waals surface area contributed by atoms with Gasteiger partial charge in [0.1, 0.15) is 5.54 Å². The van der Waals surface area contributed by atoms with Crippen LogP contribution >= 0.6 is 0 Å². The van der Waals surface area contributed by atoms with Gasteiger partial charge in [0, 0.05) is 26.2 Å². The molecular weight excluding hydrogens is 228 g/mol. The van der Waals surface area contributed by atoms with E-state index in [2.05, 4.69) is 17.1 Å². The number of esters is 1. The Balaban J connectivity index is 2.58. The fourth-order valence-corrected chi connectivity index (χ4v) is 2.66. The molecule has 0 aromatic carbocycles. The van der Waals surface area contributed by atoms with Crippen molar-refractivity contribution in [3.05, 3.63) is 0 Å². The molecular formula is C14H28N2O2. The van der Waals surface area contributed by atoms with Crippen LogP contribution in [-0.4, -0.2) is 49.7 Å². The van der Waals surface area contributed by atoms with Gasteiger partial charge in [0.2, 0.25) is 0 Å². The molecule has 0 radical (unpaired) electrons. The highest BCUT2D eigenvalue weighted by molar-refractivity contribution is 5.80. The Kier molecular flexibility index (Phi) is 6.65. The van der Waals surface area contributed by atoms with Crippen LogP contribution in [0.4, 0.5) is 0 Å². The highest BCUT2D eigenvalue weighted by atomic mass is 16.5. The van der Waals surface area contributed by atoms with Crippen molar-refractivity contribution in [2.75, 3.05) is 33.3 Å². The number of piperazine rings is 1. The number of hydrogen-bond donors (Lipinski definition) is 1. The fraction of sp³-hybridized carbons (Fsp3) is 0.929. The zero-order valence-corrected chi connectivity index (χ0v) is 12.1. The zero-order chi connectivity index (χ0) is 13.4.